The van der Waals surface area contributed by atoms with Gasteiger partial charge in [-0.25, -0.2) is 8.42 Å². The Labute approximate surface area is 161 Å². The molecular weight excluding hydrogens is 360 g/mol. The molecule has 5 nitrogen and oxygen atoms in total. The number of aryl methyl sites for hydroxylation is 1. The molecule has 1 N–H and O–H groups in total. The Hall–Kier alpha value is -2.18. The van der Waals surface area contributed by atoms with E-state index < -0.39 is 10.0 Å². The Morgan fingerprint density at radius 2 is 1.96 bits per heavy atom. The van der Waals surface area contributed by atoms with Gasteiger partial charge in [0.25, 0.3) is 5.91 Å². The second-order valence-corrected chi connectivity index (χ2v) is 9.25. The van der Waals surface area contributed by atoms with Crippen LogP contribution in [0.5, 0.6) is 0 Å². The molecular formula is C21H26N2O3S. The van der Waals surface area contributed by atoms with E-state index in [1.807, 2.05) is 31.2 Å². The summed E-state index contributed by atoms with van der Waals surface area (Å²) in [4.78, 5) is 12.7. The largest absolute Gasteiger partial charge is 0.348 e. The predicted molar refractivity (Wildman–Crippen MR) is 106 cm³/mol. The van der Waals surface area contributed by atoms with Crippen molar-refractivity contribution in [3.8, 4) is 0 Å². The van der Waals surface area contributed by atoms with E-state index in [9.17, 15) is 13.2 Å². The number of sulfonamides is 1. The Kier molecular flexibility index (Phi) is 5.97. The maximum Gasteiger partial charge on any atom is 0.251 e. The average molecular weight is 387 g/mol. The molecule has 1 saturated heterocycles. The molecule has 27 heavy (non-hydrogen) atoms. The highest BCUT2D eigenvalue weighted by molar-refractivity contribution is 7.89. The van der Waals surface area contributed by atoms with Crippen molar-refractivity contribution < 1.29 is 13.2 Å². The van der Waals surface area contributed by atoms with Gasteiger partial charge in [-0.15, -0.1) is 0 Å². The van der Waals surface area contributed by atoms with E-state index in [-0.39, 0.29) is 10.8 Å². The first-order valence-electron chi connectivity index (χ1n) is 9.30. The molecule has 0 radical (unpaired) electrons. The van der Waals surface area contributed by atoms with Crippen molar-refractivity contribution in [2.45, 2.75) is 38.1 Å². The van der Waals surface area contributed by atoms with Crippen LogP contribution in [0, 0.1) is 12.8 Å². The second kappa shape index (κ2) is 8.23. The molecule has 6 heteroatoms. The summed E-state index contributed by atoms with van der Waals surface area (Å²) in [6.07, 6.45) is 1.92. The number of benzene rings is 2. The van der Waals surface area contributed by atoms with E-state index in [1.165, 1.54) is 10.4 Å². The van der Waals surface area contributed by atoms with Crippen molar-refractivity contribution in [1.82, 2.24) is 9.62 Å². The maximum absolute atomic E-state index is 12.9. The van der Waals surface area contributed by atoms with Gasteiger partial charge < -0.3 is 5.32 Å². The molecule has 1 unspecified atom stereocenters. The molecule has 1 atom stereocenters. The molecule has 0 bridgehead atoms. The monoisotopic (exact) mass is 386 g/mol. The van der Waals surface area contributed by atoms with Crippen LogP contribution in [0.15, 0.2) is 53.4 Å². The Morgan fingerprint density at radius 3 is 2.70 bits per heavy atom. The number of piperidine rings is 1. The van der Waals surface area contributed by atoms with Gasteiger partial charge in [0.2, 0.25) is 10.0 Å². The predicted octanol–water partition coefficient (Wildman–Crippen LogP) is 3.35. The van der Waals surface area contributed by atoms with Crippen LogP contribution in [0.25, 0.3) is 0 Å². The fraction of sp³-hybridized carbons (Fsp3) is 0.381. The Morgan fingerprint density at radius 1 is 1.19 bits per heavy atom. The minimum Gasteiger partial charge on any atom is -0.348 e. The summed E-state index contributed by atoms with van der Waals surface area (Å²) in [7, 11) is -3.57. The summed E-state index contributed by atoms with van der Waals surface area (Å²) in [6.45, 7) is 5.54. The van der Waals surface area contributed by atoms with Crippen LogP contribution in [0.3, 0.4) is 0 Å². The number of hydrogen-bond donors (Lipinski definition) is 1. The number of carbonyl (C=O) groups is 1. The van der Waals surface area contributed by atoms with E-state index in [1.54, 1.807) is 18.2 Å². The lowest BCUT2D eigenvalue weighted by Gasteiger charge is -2.30. The Balaban J connectivity index is 1.73. The molecule has 1 aliphatic heterocycles. The third-order valence-corrected chi connectivity index (χ3v) is 6.75. The normalized spacial score (nSPS) is 18.2. The quantitative estimate of drug-likeness (QED) is 0.857. The minimum absolute atomic E-state index is 0.180. The van der Waals surface area contributed by atoms with Gasteiger partial charge in [-0.05, 0) is 49.4 Å². The van der Waals surface area contributed by atoms with E-state index in [0.717, 1.165) is 24.0 Å². The molecule has 2 aromatic rings. The SMILES string of the molecule is Cc1cccc(CNC(=O)c2cccc(S(=O)(=O)N3CCCC(C)C3)c2)c1. The highest BCUT2D eigenvalue weighted by Gasteiger charge is 2.29. The maximum atomic E-state index is 12.9. The van der Waals surface area contributed by atoms with Crippen LogP contribution in [0.4, 0.5) is 0 Å². The van der Waals surface area contributed by atoms with Gasteiger partial charge in [0.1, 0.15) is 0 Å². The molecule has 2 aromatic carbocycles. The third-order valence-electron chi connectivity index (χ3n) is 4.89. The minimum atomic E-state index is -3.57. The Bertz CT molecular complexity index is 925. The molecule has 1 heterocycles. The van der Waals surface area contributed by atoms with Gasteiger partial charge in [0.05, 0.1) is 4.90 Å². The average Bonchev–Trinajstić information content (AvgIpc) is 2.66. The van der Waals surface area contributed by atoms with E-state index in [4.69, 9.17) is 0 Å². The molecule has 0 saturated carbocycles. The van der Waals surface area contributed by atoms with E-state index >= 15 is 0 Å². The number of hydrogen-bond acceptors (Lipinski definition) is 3. The van der Waals surface area contributed by atoms with Crippen molar-refractivity contribution in [2.75, 3.05) is 13.1 Å². The van der Waals surface area contributed by atoms with Gasteiger partial charge in [-0.1, -0.05) is 42.8 Å². The van der Waals surface area contributed by atoms with Crippen LogP contribution in [0.1, 0.15) is 41.3 Å². The number of nitrogens with one attached hydrogen (secondary N) is 1. The van der Waals surface area contributed by atoms with Gasteiger partial charge >= 0.3 is 0 Å². The lowest BCUT2D eigenvalue weighted by atomic mass is 10.0. The molecule has 1 fully saturated rings. The zero-order valence-electron chi connectivity index (χ0n) is 15.8. The van der Waals surface area contributed by atoms with E-state index in [0.29, 0.717) is 31.1 Å². The molecule has 0 aliphatic carbocycles. The summed E-state index contributed by atoms with van der Waals surface area (Å²) < 4.78 is 27.4. The zero-order chi connectivity index (χ0) is 19.4. The highest BCUT2D eigenvalue weighted by atomic mass is 32.2. The number of nitrogens with zero attached hydrogens (tertiary/aromatic N) is 1. The van der Waals surface area contributed by atoms with Crippen molar-refractivity contribution in [3.05, 3.63) is 65.2 Å². The van der Waals surface area contributed by atoms with Crippen LogP contribution < -0.4 is 5.32 Å². The first-order chi connectivity index (χ1) is 12.9. The standard InChI is InChI=1S/C21H26N2O3S/c1-16-6-3-8-18(12-16)14-22-21(24)19-9-4-10-20(13-19)27(25,26)23-11-5-7-17(2)15-23/h3-4,6,8-10,12-13,17H,5,7,11,14-15H2,1-2H3,(H,22,24). The van der Waals surface area contributed by atoms with Crippen molar-refractivity contribution in [1.29, 1.82) is 0 Å². The summed E-state index contributed by atoms with van der Waals surface area (Å²) >= 11 is 0. The highest BCUT2D eigenvalue weighted by Crippen LogP contribution is 2.24. The molecule has 1 amide bonds. The smallest absolute Gasteiger partial charge is 0.251 e. The number of rotatable bonds is 5. The lowest BCUT2D eigenvalue weighted by Crippen LogP contribution is -2.39. The van der Waals surface area contributed by atoms with Crippen molar-refractivity contribution in [3.63, 3.8) is 0 Å². The summed E-state index contributed by atoms with van der Waals surface area (Å²) in [5.41, 5.74) is 2.49. The van der Waals surface area contributed by atoms with Gasteiger partial charge in [-0.2, -0.15) is 4.31 Å². The summed E-state index contributed by atoms with van der Waals surface area (Å²) in [5.74, 6) is 0.0786. The topological polar surface area (TPSA) is 66.5 Å². The molecule has 0 spiro atoms. The van der Waals surface area contributed by atoms with Crippen LogP contribution in [-0.4, -0.2) is 31.7 Å². The van der Waals surface area contributed by atoms with E-state index in [2.05, 4.69) is 12.2 Å². The van der Waals surface area contributed by atoms with Crippen molar-refractivity contribution >= 4 is 15.9 Å². The van der Waals surface area contributed by atoms with Gasteiger partial charge in [0.15, 0.2) is 0 Å². The van der Waals surface area contributed by atoms with Gasteiger partial charge in [0, 0.05) is 25.2 Å². The molecule has 3 rings (SSSR count). The number of carbonyl (C=O) groups excluding carboxylic acids is 1. The number of amides is 1. The van der Waals surface area contributed by atoms with Crippen LogP contribution >= 0.6 is 0 Å². The first-order valence-corrected chi connectivity index (χ1v) is 10.7. The van der Waals surface area contributed by atoms with Crippen LogP contribution in [-0.2, 0) is 16.6 Å². The van der Waals surface area contributed by atoms with Crippen molar-refractivity contribution in [2.24, 2.45) is 5.92 Å². The lowest BCUT2D eigenvalue weighted by molar-refractivity contribution is 0.0950. The zero-order valence-corrected chi connectivity index (χ0v) is 16.6. The first kappa shape index (κ1) is 19.6. The molecule has 0 aromatic heterocycles. The van der Waals surface area contributed by atoms with Gasteiger partial charge in [-0.3, -0.25) is 4.79 Å². The third kappa shape index (κ3) is 4.76. The fourth-order valence-electron chi connectivity index (χ4n) is 3.42. The fourth-order valence-corrected chi connectivity index (χ4v) is 5.06. The summed E-state index contributed by atoms with van der Waals surface area (Å²) in [6, 6.07) is 14.2. The molecule has 1 aliphatic rings. The van der Waals surface area contributed by atoms with Crippen LogP contribution in [0.2, 0.25) is 0 Å². The summed E-state index contributed by atoms with van der Waals surface area (Å²) in [5, 5.41) is 2.86. The second-order valence-electron chi connectivity index (χ2n) is 7.31. The molecule has 144 valence electrons.